The number of alkyl halides is 2. The fourth-order valence-corrected chi connectivity index (χ4v) is 1.30. The molecule has 0 heterocycles. The van der Waals surface area contributed by atoms with Gasteiger partial charge in [0.15, 0.2) is 0 Å². The van der Waals surface area contributed by atoms with Gasteiger partial charge < -0.3 is 9.94 Å². The molecule has 0 aliphatic rings. The van der Waals surface area contributed by atoms with Gasteiger partial charge in [0.2, 0.25) is 0 Å². The summed E-state index contributed by atoms with van der Waals surface area (Å²) in [5.41, 5.74) is 1.37. The van der Waals surface area contributed by atoms with E-state index in [9.17, 15) is 13.2 Å². The number of methoxy groups -OCH3 is 1. The van der Waals surface area contributed by atoms with Gasteiger partial charge in [0.05, 0.1) is 12.7 Å². The Morgan fingerprint density at radius 3 is 2.60 bits per heavy atom. The minimum Gasteiger partial charge on any atom is -0.496 e. The minimum atomic E-state index is -2.83. The summed E-state index contributed by atoms with van der Waals surface area (Å²) in [4.78, 5) is 0. The normalized spacial score (nSPS) is 10.8. The van der Waals surface area contributed by atoms with E-state index in [0.717, 1.165) is 6.07 Å². The number of hydrogen-bond acceptors (Lipinski definition) is 3. The lowest BCUT2D eigenvalue weighted by Gasteiger charge is -2.12. The van der Waals surface area contributed by atoms with Crippen molar-refractivity contribution in [2.75, 3.05) is 7.11 Å². The van der Waals surface area contributed by atoms with Crippen molar-refractivity contribution in [1.29, 1.82) is 0 Å². The van der Waals surface area contributed by atoms with Gasteiger partial charge in [-0.15, -0.1) is 0 Å². The fourth-order valence-electron chi connectivity index (χ4n) is 1.30. The SMILES string of the molecule is COc1c(CNO)cc(F)cc1C(F)F. The predicted molar refractivity (Wildman–Crippen MR) is 46.5 cm³/mol. The summed E-state index contributed by atoms with van der Waals surface area (Å²) >= 11 is 0. The maximum atomic E-state index is 12.9. The van der Waals surface area contributed by atoms with Crippen molar-refractivity contribution in [3.05, 3.63) is 29.1 Å². The van der Waals surface area contributed by atoms with Crippen molar-refractivity contribution in [2.45, 2.75) is 13.0 Å². The number of hydroxylamine groups is 1. The van der Waals surface area contributed by atoms with Crippen LogP contribution in [-0.2, 0) is 6.54 Å². The van der Waals surface area contributed by atoms with E-state index in [1.165, 1.54) is 7.11 Å². The van der Waals surface area contributed by atoms with Crippen LogP contribution < -0.4 is 10.2 Å². The van der Waals surface area contributed by atoms with Gasteiger partial charge in [-0.1, -0.05) is 0 Å². The zero-order chi connectivity index (χ0) is 11.4. The van der Waals surface area contributed by atoms with E-state index in [2.05, 4.69) is 0 Å². The Morgan fingerprint density at radius 1 is 1.47 bits per heavy atom. The molecule has 0 fully saturated rings. The van der Waals surface area contributed by atoms with E-state index in [1.54, 1.807) is 5.48 Å². The second kappa shape index (κ2) is 4.99. The van der Waals surface area contributed by atoms with Crippen LogP contribution in [0.2, 0.25) is 0 Å². The van der Waals surface area contributed by atoms with Gasteiger partial charge in [0, 0.05) is 12.1 Å². The number of rotatable bonds is 4. The molecule has 0 saturated heterocycles. The predicted octanol–water partition coefficient (Wildman–Crippen LogP) is 2.25. The van der Waals surface area contributed by atoms with Gasteiger partial charge in [-0.2, -0.15) is 0 Å². The van der Waals surface area contributed by atoms with Crippen molar-refractivity contribution in [3.8, 4) is 5.75 Å². The fraction of sp³-hybridized carbons (Fsp3) is 0.333. The molecule has 0 unspecified atom stereocenters. The molecule has 2 N–H and O–H groups in total. The van der Waals surface area contributed by atoms with Gasteiger partial charge in [-0.05, 0) is 12.1 Å². The number of nitrogens with one attached hydrogen (secondary N) is 1. The average molecular weight is 221 g/mol. The van der Waals surface area contributed by atoms with Crippen molar-refractivity contribution < 1.29 is 23.1 Å². The molecule has 0 atom stereocenters. The van der Waals surface area contributed by atoms with Crippen LogP contribution >= 0.6 is 0 Å². The summed E-state index contributed by atoms with van der Waals surface area (Å²) in [5, 5.41) is 8.44. The molecule has 0 saturated carbocycles. The maximum Gasteiger partial charge on any atom is 0.267 e. The van der Waals surface area contributed by atoms with Crippen LogP contribution in [0, 0.1) is 5.82 Å². The van der Waals surface area contributed by atoms with E-state index >= 15 is 0 Å². The highest BCUT2D eigenvalue weighted by Crippen LogP contribution is 2.32. The molecule has 15 heavy (non-hydrogen) atoms. The summed E-state index contributed by atoms with van der Waals surface area (Å²) in [7, 11) is 1.21. The number of hydrogen-bond donors (Lipinski definition) is 2. The third kappa shape index (κ3) is 2.60. The molecule has 0 radical (unpaired) electrons. The van der Waals surface area contributed by atoms with Gasteiger partial charge in [0.25, 0.3) is 6.43 Å². The molecule has 0 aliphatic heterocycles. The molecule has 0 amide bonds. The first-order valence-corrected chi connectivity index (χ1v) is 4.11. The molecule has 0 bridgehead atoms. The second-order valence-corrected chi connectivity index (χ2v) is 2.82. The Hall–Kier alpha value is -1.27. The number of ether oxygens (including phenoxy) is 1. The highest BCUT2D eigenvalue weighted by Gasteiger charge is 2.18. The Morgan fingerprint density at radius 2 is 2.13 bits per heavy atom. The maximum absolute atomic E-state index is 12.9. The molecule has 0 spiro atoms. The van der Waals surface area contributed by atoms with Crippen LogP contribution in [0.5, 0.6) is 5.75 Å². The van der Waals surface area contributed by atoms with E-state index < -0.39 is 17.8 Å². The van der Waals surface area contributed by atoms with E-state index in [-0.39, 0.29) is 17.9 Å². The number of halogens is 3. The molecule has 1 aromatic carbocycles. The first kappa shape index (κ1) is 11.8. The molecule has 0 aliphatic carbocycles. The van der Waals surface area contributed by atoms with Crippen LogP contribution in [0.15, 0.2) is 12.1 Å². The van der Waals surface area contributed by atoms with Crippen LogP contribution in [0.3, 0.4) is 0 Å². The summed E-state index contributed by atoms with van der Waals surface area (Å²) in [5.74, 6) is -0.913. The molecule has 1 rings (SSSR count). The van der Waals surface area contributed by atoms with Crippen LogP contribution in [0.4, 0.5) is 13.2 Å². The lowest BCUT2D eigenvalue weighted by atomic mass is 10.1. The highest BCUT2D eigenvalue weighted by atomic mass is 19.3. The highest BCUT2D eigenvalue weighted by molar-refractivity contribution is 5.42. The van der Waals surface area contributed by atoms with E-state index in [0.29, 0.717) is 6.07 Å². The molecular weight excluding hydrogens is 211 g/mol. The van der Waals surface area contributed by atoms with E-state index in [4.69, 9.17) is 9.94 Å². The van der Waals surface area contributed by atoms with Gasteiger partial charge >= 0.3 is 0 Å². The first-order chi connectivity index (χ1) is 7.10. The molecule has 3 nitrogen and oxygen atoms in total. The monoisotopic (exact) mass is 221 g/mol. The third-order valence-electron chi connectivity index (χ3n) is 1.87. The van der Waals surface area contributed by atoms with Crippen molar-refractivity contribution >= 4 is 0 Å². The Labute approximate surface area is 84.4 Å². The van der Waals surface area contributed by atoms with Crippen molar-refractivity contribution in [3.63, 3.8) is 0 Å². The summed E-state index contributed by atoms with van der Waals surface area (Å²) in [6.07, 6.45) is -2.83. The zero-order valence-electron chi connectivity index (χ0n) is 7.93. The lowest BCUT2D eigenvalue weighted by molar-refractivity contribution is 0.144. The molecule has 0 aromatic heterocycles. The average Bonchev–Trinajstić information content (AvgIpc) is 2.17. The number of benzene rings is 1. The Bertz CT molecular complexity index is 344. The molecular formula is C9H10F3NO2. The van der Waals surface area contributed by atoms with Crippen molar-refractivity contribution in [1.82, 2.24) is 5.48 Å². The van der Waals surface area contributed by atoms with Gasteiger partial charge in [-0.25, -0.2) is 18.7 Å². The van der Waals surface area contributed by atoms with Gasteiger partial charge in [-0.3, -0.25) is 0 Å². The molecule has 6 heteroatoms. The Kier molecular flexibility index (Phi) is 3.93. The Balaban J connectivity index is 3.25. The smallest absolute Gasteiger partial charge is 0.267 e. The molecule has 1 aromatic rings. The van der Waals surface area contributed by atoms with Crippen LogP contribution in [0.1, 0.15) is 17.6 Å². The third-order valence-corrected chi connectivity index (χ3v) is 1.87. The zero-order valence-corrected chi connectivity index (χ0v) is 7.93. The van der Waals surface area contributed by atoms with Crippen LogP contribution in [0.25, 0.3) is 0 Å². The van der Waals surface area contributed by atoms with Crippen LogP contribution in [-0.4, -0.2) is 12.3 Å². The summed E-state index contributed by atoms with van der Waals surface area (Å²) < 4.78 is 42.6. The quantitative estimate of drug-likeness (QED) is 0.766. The second-order valence-electron chi connectivity index (χ2n) is 2.82. The lowest BCUT2D eigenvalue weighted by Crippen LogP contribution is -2.09. The largest absolute Gasteiger partial charge is 0.496 e. The van der Waals surface area contributed by atoms with Gasteiger partial charge in [0.1, 0.15) is 11.6 Å². The topological polar surface area (TPSA) is 41.5 Å². The van der Waals surface area contributed by atoms with E-state index in [1.807, 2.05) is 0 Å². The molecule has 84 valence electrons. The first-order valence-electron chi connectivity index (χ1n) is 4.11. The summed E-state index contributed by atoms with van der Waals surface area (Å²) in [6.45, 7) is -0.166. The van der Waals surface area contributed by atoms with Crippen molar-refractivity contribution in [2.24, 2.45) is 0 Å². The minimum absolute atomic E-state index is 0.118. The summed E-state index contributed by atoms with van der Waals surface area (Å²) in [6, 6.07) is 1.73. The standard InChI is InChI=1S/C9H10F3NO2/c1-15-8-5(4-13-14)2-6(10)3-7(8)9(11)12/h2-3,9,13-14H,4H2,1H3.